The van der Waals surface area contributed by atoms with Crippen molar-refractivity contribution in [3.05, 3.63) is 12.3 Å². The Morgan fingerprint density at radius 2 is 2.50 bits per heavy atom. The van der Waals surface area contributed by atoms with Gasteiger partial charge in [-0.25, -0.2) is 0 Å². The lowest BCUT2D eigenvalue weighted by Crippen LogP contribution is -2.17. The summed E-state index contributed by atoms with van der Waals surface area (Å²) in [7, 11) is 0. The summed E-state index contributed by atoms with van der Waals surface area (Å²) in [6.07, 6.45) is 2.58. The van der Waals surface area contributed by atoms with Crippen molar-refractivity contribution in [3.8, 4) is 6.07 Å². The van der Waals surface area contributed by atoms with Gasteiger partial charge in [0, 0.05) is 18.5 Å². The van der Waals surface area contributed by atoms with Gasteiger partial charge in [-0.3, -0.25) is 9.59 Å². The van der Waals surface area contributed by atoms with Gasteiger partial charge in [-0.2, -0.15) is 5.26 Å². The number of nitriles is 1. The van der Waals surface area contributed by atoms with Crippen molar-refractivity contribution in [2.24, 2.45) is 5.92 Å². The highest BCUT2D eigenvalue weighted by molar-refractivity contribution is 8.13. The number of hydrogen-bond acceptors (Lipinski definition) is 4. The molecule has 1 atom stereocenters. The van der Waals surface area contributed by atoms with E-state index in [2.05, 4.69) is 0 Å². The van der Waals surface area contributed by atoms with E-state index in [0.29, 0.717) is 12.3 Å². The van der Waals surface area contributed by atoms with Gasteiger partial charge in [-0.05, 0) is 6.08 Å². The van der Waals surface area contributed by atoms with E-state index in [4.69, 9.17) is 10.4 Å². The Bertz CT molecular complexity index is 321. The number of carbonyl (C=O) groups is 2. The minimum absolute atomic E-state index is 0.108. The third kappa shape index (κ3) is 2.50. The summed E-state index contributed by atoms with van der Waals surface area (Å²) in [6, 6.07) is 1.61. The standard InChI is InChI=1S/C8H8N2O3S/c9-5-6(7(11)12)1-2-10-3-4-14-8(10)13/h1-2,6H,3-4H2,(H,11,12). The second kappa shape index (κ2) is 4.67. The largest absolute Gasteiger partial charge is 0.480 e. The zero-order valence-corrected chi connectivity index (χ0v) is 8.03. The molecule has 1 heterocycles. The molecule has 0 aromatic rings. The van der Waals surface area contributed by atoms with Crippen LogP contribution in [0, 0.1) is 17.2 Å². The average molecular weight is 212 g/mol. The number of carboxylic acid groups (broad SMARTS) is 1. The third-order valence-corrected chi connectivity index (χ3v) is 2.52. The van der Waals surface area contributed by atoms with E-state index in [1.165, 1.54) is 28.9 Å². The van der Waals surface area contributed by atoms with E-state index in [-0.39, 0.29) is 5.24 Å². The Kier molecular flexibility index (Phi) is 3.54. The number of amides is 1. The number of thioether (sulfide) groups is 1. The van der Waals surface area contributed by atoms with Crippen LogP contribution in [0.5, 0.6) is 0 Å². The van der Waals surface area contributed by atoms with Crippen molar-refractivity contribution in [2.45, 2.75) is 0 Å². The molecular weight excluding hydrogens is 204 g/mol. The zero-order valence-electron chi connectivity index (χ0n) is 7.21. The second-order valence-corrected chi connectivity index (χ2v) is 3.64. The van der Waals surface area contributed by atoms with Gasteiger partial charge in [0.25, 0.3) is 5.24 Å². The number of rotatable bonds is 3. The Morgan fingerprint density at radius 1 is 1.79 bits per heavy atom. The van der Waals surface area contributed by atoms with Crippen LogP contribution in [0.2, 0.25) is 0 Å². The molecule has 0 aliphatic carbocycles. The summed E-state index contributed by atoms with van der Waals surface area (Å²) < 4.78 is 0. The predicted octanol–water partition coefficient (Wildman–Crippen LogP) is 0.893. The van der Waals surface area contributed by atoms with Gasteiger partial charge in [0.1, 0.15) is 0 Å². The molecule has 1 aliphatic heterocycles. The van der Waals surface area contributed by atoms with Gasteiger partial charge in [0.15, 0.2) is 5.92 Å². The van der Waals surface area contributed by atoms with E-state index in [9.17, 15) is 9.59 Å². The van der Waals surface area contributed by atoms with Gasteiger partial charge in [0.2, 0.25) is 0 Å². The average Bonchev–Trinajstić information content (AvgIpc) is 2.52. The van der Waals surface area contributed by atoms with Crippen molar-refractivity contribution < 1.29 is 14.7 Å². The first kappa shape index (κ1) is 10.6. The van der Waals surface area contributed by atoms with Gasteiger partial charge >= 0.3 is 5.97 Å². The Morgan fingerprint density at radius 3 is 2.93 bits per heavy atom. The van der Waals surface area contributed by atoms with Crippen LogP contribution < -0.4 is 0 Å². The van der Waals surface area contributed by atoms with Crippen LogP contribution >= 0.6 is 11.8 Å². The molecule has 1 saturated heterocycles. The second-order valence-electron chi connectivity index (χ2n) is 2.59. The summed E-state index contributed by atoms with van der Waals surface area (Å²) >= 11 is 1.18. The first-order chi connectivity index (χ1) is 6.65. The molecule has 0 bridgehead atoms. The summed E-state index contributed by atoms with van der Waals surface area (Å²) in [5.41, 5.74) is 0. The van der Waals surface area contributed by atoms with E-state index >= 15 is 0 Å². The van der Waals surface area contributed by atoms with Gasteiger partial charge in [0.05, 0.1) is 6.07 Å². The normalized spacial score (nSPS) is 18.5. The smallest absolute Gasteiger partial charge is 0.324 e. The number of aliphatic carboxylic acids is 1. The highest BCUT2D eigenvalue weighted by atomic mass is 32.2. The quantitative estimate of drug-likeness (QED) is 0.751. The SMILES string of the molecule is N#CC(C=CN1CCSC1=O)C(=O)O. The minimum Gasteiger partial charge on any atom is -0.480 e. The number of nitrogens with zero attached hydrogens (tertiary/aromatic N) is 2. The Balaban J connectivity index is 2.58. The number of hydrogen-bond donors (Lipinski definition) is 1. The van der Waals surface area contributed by atoms with Crippen molar-refractivity contribution in [3.63, 3.8) is 0 Å². The fourth-order valence-electron chi connectivity index (χ4n) is 0.911. The van der Waals surface area contributed by atoms with E-state index in [1.54, 1.807) is 6.07 Å². The first-order valence-electron chi connectivity index (χ1n) is 3.89. The van der Waals surface area contributed by atoms with Crippen LogP contribution in [0.15, 0.2) is 12.3 Å². The summed E-state index contributed by atoms with van der Waals surface area (Å²) in [6.45, 7) is 0.567. The first-order valence-corrected chi connectivity index (χ1v) is 4.88. The highest BCUT2D eigenvalue weighted by Gasteiger charge is 2.19. The molecule has 1 rings (SSSR count). The Hall–Kier alpha value is -1.48. The maximum Gasteiger partial charge on any atom is 0.324 e. The monoisotopic (exact) mass is 212 g/mol. The van der Waals surface area contributed by atoms with Crippen molar-refractivity contribution in [1.29, 1.82) is 5.26 Å². The Labute approximate surface area is 85.0 Å². The van der Waals surface area contributed by atoms with Gasteiger partial charge in [-0.1, -0.05) is 11.8 Å². The molecular formula is C8H8N2O3S. The van der Waals surface area contributed by atoms with Gasteiger partial charge < -0.3 is 10.0 Å². The molecule has 6 heteroatoms. The zero-order chi connectivity index (χ0) is 10.6. The molecule has 1 unspecified atom stereocenters. The van der Waals surface area contributed by atoms with E-state index < -0.39 is 11.9 Å². The van der Waals surface area contributed by atoms with Crippen molar-refractivity contribution >= 4 is 23.0 Å². The molecule has 0 radical (unpaired) electrons. The van der Waals surface area contributed by atoms with Crippen LogP contribution in [0.3, 0.4) is 0 Å². The van der Waals surface area contributed by atoms with E-state index in [0.717, 1.165) is 0 Å². The predicted molar refractivity (Wildman–Crippen MR) is 50.4 cm³/mol. The molecule has 74 valence electrons. The van der Waals surface area contributed by atoms with Crippen LogP contribution in [0.1, 0.15) is 0 Å². The molecule has 14 heavy (non-hydrogen) atoms. The maximum absolute atomic E-state index is 11.1. The molecule has 0 aromatic carbocycles. The van der Waals surface area contributed by atoms with Crippen molar-refractivity contribution in [2.75, 3.05) is 12.3 Å². The van der Waals surface area contributed by atoms with Gasteiger partial charge in [-0.15, -0.1) is 0 Å². The summed E-state index contributed by atoms with van der Waals surface area (Å²) in [5.74, 6) is -1.69. The van der Waals surface area contributed by atoms with Crippen LogP contribution in [0.25, 0.3) is 0 Å². The maximum atomic E-state index is 11.1. The lowest BCUT2D eigenvalue weighted by atomic mass is 10.2. The van der Waals surface area contributed by atoms with Crippen LogP contribution in [-0.4, -0.2) is 33.5 Å². The molecule has 0 saturated carbocycles. The van der Waals surface area contributed by atoms with E-state index in [1.807, 2.05) is 0 Å². The molecule has 0 spiro atoms. The molecule has 1 amide bonds. The third-order valence-electron chi connectivity index (χ3n) is 1.66. The number of carboxylic acids is 1. The minimum atomic E-state index is -1.21. The topological polar surface area (TPSA) is 81.4 Å². The molecule has 0 aromatic heterocycles. The highest BCUT2D eigenvalue weighted by Crippen LogP contribution is 2.17. The molecule has 1 fully saturated rings. The summed E-state index contributed by atoms with van der Waals surface area (Å²) in [5, 5.41) is 16.9. The molecule has 1 N–H and O–H groups in total. The fourth-order valence-corrected chi connectivity index (χ4v) is 1.69. The fraction of sp³-hybridized carbons (Fsp3) is 0.375. The number of carbonyl (C=O) groups excluding carboxylic acids is 1. The van der Waals surface area contributed by atoms with Crippen LogP contribution in [0.4, 0.5) is 4.79 Å². The lowest BCUT2D eigenvalue weighted by molar-refractivity contribution is -0.138. The lowest BCUT2D eigenvalue weighted by Gasteiger charge is -2.07. The van der Waals surface area contributed by atoms with Crippen molar-refractivity contribution in [1.82, 2.24) is 4.90 Å². The molecule has 5 nitrogen and oxygen atoms in total. The van der Waals surface area contributed by atoms with Crippen LogP contribution in [-0.2, 0) is 4.79 Å². The summed E-state index contributed by atoms with van der Waals surface area (Å²) in [4.78, 5) is 22.9. The molecule has 1 aliphatic rings.